The smallest absolute Gasteiger partial charge is 0.276 e. The summed E-state index contributed by atoms with van der Waals surface area (Å²) in [6.07, 6.45) is 0.707. The maximum atomic E-state index is 11.6. The number of halogens is 3. The molecule has 0 fully saturated rings. The third kappa shape index (κ3) is 4.83. The minimum absolute atomic E-state index is 0.131. The average Bonchev–Trinajstić information content (AvgIpc) is 2.37. The molecule has 4 N–H and O–H groups in total. The van der Waals surface area contributed by atoms with Crippen LogP contribution in [0.2, 0.25) is 0 Å². The van der Waals surface area contributed by atoms with Crippen LogP contribution in [-0.4, -0.2) is 22.2 Å². The van der Waals surface area contributed by atoms with Crippen LogP contribution in [-0.2, 0) is 16.0 Å². The van der Waals surface area contributed by atoms with Crippen molar-refractivity contribution in [3.63, 3.8) is 0 Å². The number of amides is 2. The van der Waals surface area contributed by atoms with Gasteiger partial charge in [0, 0.05) is 11.4 Å². The second-order valence-corrected chi connectivity index (χ2v) is 6.21. The van der Waals surface area contributed by atoms with Crippen molar-refractivity contribution in [2.75, 3.05) is 17.2 Å². The molecular formula is C12H14Cl3N3O2. The number of carbonyl (C=O) groups is 2. The van der Waals surface area contributed by atoms with Crippen LogP contribution in [0.15, 0.2) is 18.2 Å². The van der Waals surface area contributed by atoms with Gasteiger partial charge in [-0.15, -0.1) is 0 Å². The molecule has 0 bridgehead atoms. The number of benzene rings is 1. The molecule has 0 heterocycles. The van der Waals surface area contributed by atoms with E-state index in [1.807, 2.05) is 6.92 Å². The van der Waals surface area contributed by atoms with E-state index < -0.39 is 9.70 Å². The van der Waals surface area contributed by atoms with E-state index >= 15 is 0 Å². The van der Waals surface area contributed by atoms with Crippen molar-refractivity contribution in [3.8, 4) is 0 Å². The third-order valence-corrected chi connectivity index (χ3v) is 2.98. The molecular weight excluding hydrogens is 325 g/mol. The highest BCUT2D eigenvalue weighted by Crippen LogP contribution is 2.29. The number of nitrogens with two attached hydrogens (primary N) is 1. The molecule has 0 aromatic heterocycles. The summed E-state index contributed by atoms with van der Waals surface area (Å²) < 4.78 is -2.05. The van der Waals surface area contributed by atoms with E-state index in [0.29, 0.717) is 17.8 Å². The number of rotatable bonds is 4. The van der Waals surface area contributed by atoms with E-state index in [-0.39, 0.29) is 12.5 Å². The fourth-order valence-corrected chi connectivity index (χ4v) is 1.62. The maximum Gasteiger partial charge on any atom is 0.276 e. The van der Waals surface area contributed by atoms with Crippen molar-refractivity contribution in [1.82, 2.24) is 0 Å². The lowest BCUT2D eigenvalue weighted by Gasteiger charge is -2.14. The van der Waals surface area contributed by atoms with Crippen molar-refractivity contribution < 1.29 is 9.59 Å². The van der Waals surface area contributed by atoms with Gasteiger partial charge in [0.15, 0.2) is 0 Å². The average molecular weight is 339 g/mol. The molecule has 5 nitrogen and oxygen atoms in total. The number of nitrogens with one attached hydrogen (secondary N) is 2. The number of anilines is 2. The highest BCUT2D eigenvalue weighted by atomic mass is 35.6. The summed E-state index contributed by atoms with van der Waals surface area (Å²) in [6, 6.07) is 5.01. The lowest BCUT2D eigenvalue weighted by molar-refractivity contribution is -0.115. The second-order valence-electron chi connectivity index (χ2n) is 3.93. The van der Waals surface area contributed by atoms with E-state index in [0.717, 1.165) is 5.56 Å². The van der Waals surface area contributed by atoms with Gasteiger partial charge in [-0.2, -0.15) is 0 Å². The summed E-state index contributed by atoms with van der Waals surface area (Å²) >= 11 is 16.4. The number of hydrogen-bond acceptors (Lipinski definition) is 3. The number of hydrogen-bond donors (Lipinski definition) is 3. The first-order valence-electron chi connectivity index (χ1n) is 5.79. The molecule has 1 aromatic rings. The minimum Gasteiger partial charge on any atom is -0.325 e. The highest BCUT2D eigenvalue weighted by Gasteiger charge is 2.30. The SMILES string of the molecule is CCc1ccc(NC(=O)C(Cl)(Cl)Cl)cc1NC(=O)CN. The van der Waals surface area contributed by atoms with Crippen LogP contribution in [0.25, 0.3) is 0 Å². The van der Waals surface area contributed by atoms with E-state index in [1.165, 1.54) is 0 Å². The molecule has 0 spiro atoms. The molecule has 1 aromatic carbocycles. The van der Waals surface area contributed by atoms with E-state index in [4.69, 9.17) is 40.5 Å². The Balaban J connectivity index is 2.98. The van der Waals surface area contributed by atoms with Crippen molar-refractivity contribution in [1.29, 1.82) is 0 Å². The first kappa shape index (κ1) is 17.0. The molecule has 2 amide bonds. The van der Waals surface area contributed by atoms with E-state index in [9.17, 15) is 9.59 Å². The quantitative estimate of drug-likeness (QED) is 0.737. The highest BCUT2D eigenvalue weighted by molar-refractivity contribution is 6.76. The summed E-state index contributed by atoms with van der Waals surface area (Å²) in [6.45, 7) is 1.81. The summed E-state index contributed by atoms with van der Waals surface area (Å²) in [7, 11) is 0. The Bertz CT molecular complexity index is 515. The Labute approximate surface area is 131 Å². The Morgan fingerprint density at radius 3 is 2.40 bits per heavy atom. The normalized spacial score (nSPS) is 11.1. The third-order valence-electron chi connectivity index (χ3n) is 2.47. The molecule has 20 heavy (non-hydrogen) atoms. The van der Waals surface area contributed by atoms with E-state index in [2.05, 4.69) is 10.6 Å². The van der Waals surface area contributed by atoms with Crippen molar-refractivity contribution in [2.45, 2.75) is 17.1 Å². The van der Waals surface area contributed by atoms with Crippen LogP contribution in [0.1, 0.15) is 12.5 Å². The number of carbonyl (C=O) groups excluding carboxylic acids is 2. The van der Waals surface area contributed by atoms with Crippen LogP contribution < -0.4 is 16.4 Å². The molecule has 110 valence electrons. The molecule has 0 aliphatic carbocycles. The molecule has 1 rings (SSSR count). The van der Waals surface area contributed by atoms with Gasteiger partial charge in [-0.1, -0.05) is 47.8 Å². The summed E-state index contributed by atoms with van der Waals surface area (Å²) in [5.74, 6) is -1.10. The van der Waals surface area contributed by atoms with Gasteiger partial charge in [0.2, 0.25) is 5.91 Å². The molecule has 0 saturated heterocycles. The van der Waals surface area contributed by atoms with Gasteiger partial charge < -0.3 is 16.4 Å². The molecule has 0 atom stereocenters. The number of aryl methyl sites for hydroxylation is 1. The Hall–Kier alpha value is -1.01. The molecule has 8 heteroatoms. The van der Waals surface area contributed by atoms with Gasteiger partial charge in [0.25, 0.3) is 9.70 Å². The predicted molar refractivity (Wildman–Crippen MR) is 82.4 cm³/mol. The molecule has 0 aliphatic heterocycles. The zero-order valence-electron chi connectivity index (χ0n) is 10.7. The first-order valence-corrected chi connectivity index (χ1v) is 6.92. The summed E-state index contributed by atoms with van der Waals surface area (Å²) in [4.78, 5) is 22.9. The van der Waals surface area contributed by atoms with Crippen molar-refractivity contribution >= 4 is 58.0 Å². The van der Waals surface area contributed by atoms with Crippen molar-refractivity contribution in [3.05, 3.63) is 23.8 Å². The Morgan fingerprint density at radius 1 is 1.25 bits per heavy atom. The Kier molecular flexibility index (Phi) is 6.07. The van der Waals surface area contributed by atoms with Crippen LogP contribution in [0.5, 0.6) is 0 Å². The second kappa shape index (κ2) is 7.13. The van der Waals surface area contributed by atoms with Crippen LogP contribution >= 0.6 is 34.8 Å². The van der Waals surface area contributed by atoms with Gasteiger partial charge in [0.1, 0.15) is 0 Å². The van der Waals surface area contributed by atoms with Gasteiger partial charge >= 0.3 is 0 Å². The summed E-state index contributed by atoms with van der Waals surface area (Å²) in [5, 5.41) is 5.10. The standard InChI is InChI=1S/C12H14Cl3N3O2/c1-2-7-3-4-8(17-11(20)12(13,14)15)5-9(7)18-10(19)6-16/h3-5H,2,6,16H2,1H3,(H,17,20)(H,18,19). The molecule has 0 saturated carbocycles. The number of alkyl halides is 3. The Morgan fingerprint density at radius 2 is 1.90 bits per heavy atom. The van der Waals surface area contributed by atoms with Crippen LogP contribution in [0.3, 0.4) is 0 Å². The monoisotopic (exact) mass is 337 g/mol. The van der Waals surface area contributed by atoms with Crippen LogP contribution in [0, 0.1) is 0 Å². The summed E-state index contributed by atoms with van der Waals surface area (Å²) in [5.41, 5.74) is 7.12. The zero-order chi connectivity index (χ0) is 15.3. The van der Waals surface area contributed by atoms with Crippen molar-refractivity contribution in [2.24, 2.45) is 5.73 Å². The molecule has 0 unspecified atom stereocenters. The topological polar surface area (TPSA) is 84.2 Å². The largest absolute Gasteiger partial charge is 0.325 e. The van der Waals surface area contributed by atoms with Gasteiger partial charge in [0.05, 0.1) is 6.54 Å². The lowest BCUT2D eigenvalue weighted by Crippen LogP contribution is -2.27. The fraction of sp³-hybridized carbons (Fsp3) is 0.333. The minimum atomic E-state index is -2.05. The molecule has 0 aliphatic rings. The predicted octanol–water partition coefficient (Wildman–Crippen LogP) is 2.45. The van der Waals surface area contributed by atoms with E-state index in [1.54, 1.807) is 18.2 Å². The van der Waals surface area contributed by atoms with Gasteiger partial charge in [-0.05, 0) is 24.1 Å². The van der Waals surface area contributed by atoms with Crippen LogP contribution in [0.4, 0.5) is 11.4 Å². The van der Waals surface area contributed by atoms with Gasteiger partial charge in [-0.25, -0.2) is 0 Å². The van der Waals surface area contributed by atoms with Gasteiger partial charge in [-0.3, -0.25) is 9.59 Å². The first-order chi connectivity index (χ1) is 9.27. The zero-order valence-corrected chi connectivity index (χ0v) is 12.9. The lowest BCUT2D eigenvalue weighted by atomic mass is 10.1. The molecule has 0 radical (unpaired) electrons. The maximum absolute atomic E-state index is 11.6. The fourth-order valence-electron chi connectivity index (χ4n) is 1.48.